The van der Waals surface area contributed by atoms with E-state index in [1.165, 1.54) is 18.4 Å². The molecule has 0 aliphatic carbocycles. The molecule has 0 fully saturated rings. The number of benzene rings is 2. The largest absolute Gasteiger partial charge is 0.444 e. The summed E-state index contributed by atoms with van der Waals surface area (Å²) in [5.74, 6) is -1.49. The van der Waals surface area contributed by atoms with Crippen LogP contribution < -0.4 is 15.5 Å². The van der Waals surface area contributed by atoms with Crippen molar-refractivity contribution < 1.29 is 23.1 Å². The minimum absolute atomic E-state index is 0.0340. The van der Waals surface area contributed by atoms with Gasteiger partial charge in [0.05, 0.1) is 35.3 Å². The molecule has 0 saturated heterocycles. The van der Waals surface area contributed by atoms with E-state index in [0.717, 1.165) is 55.6 Å². The third kappa shape index (κ3) is 6.91. The number of oxazole rings is 1. The van der Waals surface area contributed by atoms with Gasteiger partial charge in [-0.15, -0.1) is 0 Å². The first-order valence-electron chi connectivity index (χ1n) is 13.9. The molecule has 2 unspecified atom stereocenters. The fourth-order valence-electron chi connectivity index (χ4n) is 5.18. The number of H-pyrrole nitrogens is 1. The predicted molar refractivity (Wildman–Crippen MR) is 152 cm³/mol. The zero-order valence-corrected chi connectivity index (χ0v) is 22.9. The molecule has 3 heterocycles. The number of fused-ring (bicyclic) bond motifs is 1. The highest BCUT2D eigenvalue weighted by atomic mass is 19.1. The summed E-state index contributed by atoms with van der Waals surface area (Å²) in [4.78, 5) is 20.3. The van der Waals surface area contributed by atoms with Gasteiger partial charge in [0, 0.05) is 43.2 Å². The van der Waals surface area contributed by atoms with E-state index < -0.39 is 29.7 Å². The molecule has 2 aromatic heterocycles. The fourth-order valence-corrected chi connectivity index (χ4v) is 5.18. The van der Waals surface area contributed by atoms with Gasteiger partial charge in [0.25, 0.3) is 5.91 Å². The summed E-state index contributed by atoms with van der Waals surface area (Å²) in [5, 5.41) is 24.3. The van der Waals surface area contributed by atoms with Crippen molar-refractivity contribution in [1.29, 1.82) is 0 Å². The van der Waals surface area contributed by atoms with Gasteiger partial charge in [-0.05, 0) is 61.6 Å². The number of aliphatic hydroxyl groups is 1. The van der Waals surface area contributed by atoms with E-state index in [2.05, 4.69) is 37.6 Å². The molecule has 5 rings (SSSR count). The predicted octanol–water partition coefficient (Wildman–Crippen LogP) is 4.71. The van der Waals surface area contributed by atoms with E-state index in [0.29, 0.717) is 35.4 Å². The van der Waals surface area contributed by atoms with Crippen molar-refractivity contribution in [2.75, 3.05) is 29.9 Å². The Bertz CT molecular complexity index is 1420. The first-order valence-corrected chi connectivity index (χ1v) is 13.9. The minimum atomic E-state index is -1.000. The number of hydrogen-bond donors (Lipinski definition) is 4. The van der Waals surface area contributed by atoms with Gasteiger partial charge in [-0.3, -0.25) is 9.89 Å². The van der Waals surface area contributed by atoms with Crippen LogP contribution in [0.3, 0.4) is 0 Å². The quantitative estimate of drug-likeness (QED) is 0.197. The number of unbranched alkanes of at least 4 members (excludes halogenated alkanes) is 1. The van der Waals surface area contributed by atoms with Crippen molar-refractivity contribution in [3.63, 3.8) is 0 Å². The van der Waals surface area contributed by atoms with E-state index in [1.807, 2.05) is 6.07 Å². The van der Waals surface area contributed by atoms with Crippen LogP contribution >= 0.6 is 0 Å². The number of aromatic nitrogens is 3. The SMILES string of the molecule is CCCCN1CCNc2c(-c3ncco3)cc(C(=O)NC(Cc3cc(F)cc(F)c3)C(O)CCc3ccn[nH]3)cc21. The van der Waals surface area contributed by atoms with Gasteiger partial charge in [-0.2, -0.15) is 5.10 Å². The monoisotopic (exact) mass is 564 g/mol. The zero-order valence-electron chi connectivity index (χ0n) is 22.9. The molecule has 4 aromatic rings. The number of aromatic amines is 1. The molecular weight excluding hydrogens is 530 g/mol. The number of anilines is 2. The Morgan fingerprint density at radius 1 is 1.20 bits per heavy atom. The van der Waals surface area contributed by atoms with E-state index in [1.54, 1.807) is 24.5 Å². The molecular formula is C30H34F2N6O3. The number of carbonyl (C=O) groups excluding carboxylic acids is 1. The summed E-state index contributed by atoms with van der Waals surface area (Å²) in [6.07, 6.45) is 6.50. The minimum Gasteiger partial charge on any atom is -0.444 e. The number of nitrogens with one attached hydrogen (secondary N) is 3. The molecule has 0 spiro atoms. The van der Waals surface area contributed by atoms with Crippen LogP contribution in [0.25, 0.3) is 11.5 Å². The average Bonchev–Trinajstić information content (AvgIpc) is 3.68. The summed E-state index contributed by atoms with van der Waals surface area (Å²) < 4.78 is 33.6. The second-order valence-electron chi connectivity index (χ2n) is 10.3. The van der Waals surface area contributed by atoms with E-state index >= 15 is 0 Å². The second kappa shape index (κ2) is 12.9. The molecule has 1 amide bonds. The lowest BCUT2D eigenvalue weighted by Crippen LogP contribution is -2.45. The Morgan fingerprint density at radius 2 is 2.02 bits per heavy atom. The maximum absolute atomic E-state index is 14.0. The maximum Gasteiger partial charge on any atom is 0.251 e. The Labute approximate surface area is 237 Å². The Kier molecular flexibility index (Phi) is 8.93. The molecule has 0 radical (unpaired) electrons. The maximum atomic E-state index is 14.0. The summed E-state index contributed by atoms with van der Waals surface area (Å²) >= 11 is 0. The number of amides is 1. The van der Waals surface area contributed by atoms with Crippen molar-refractivity contribution in [1.82, 2.24) is 20.5 Å². The highest BCUT2D eigenvalue weighted by Crippen LogP contribution is 2.39. The van der Waals surface area contributed by atoms with Crippen LogP contribution in [0.5, 0.6) is 0 Å². The standard InChI is InChI=1S/C30H34F2N6O3/c1-2-3-10-38-11-8-33-28-24(30-34-9-12-41-30)16-20(17-26(28)38)29(40)36-25(15-19-13-21(31)18-22(32)14-19)27(39)5-4-23-6-7-35-37-23/h6-7,9,12-14,16-18,25,27,33,39H,2-5,8,10-11,15H2,1H3,(H,35,37)(H,36,40). The van der Waals surface area contributed by atoms with E-state index in [4.69, 9.17) is 4.42 Å². The molecule has 1 aliphatic rings. The first-order chi connectivity index (χ1) is 19.9. The summed E-state index contributed by atoms with van der Waals surface area (Å²) in [6.45, 7) is 4.49. The second-order valence-corrected chi connectivity index (χ2v) is 10.3. The fraction of sp³-hybridized carbons (Fsp3) is 0.367. The normalized spacial score (nSPS) is 14.3. The van der Waals surface area contributed by atoms with Gasteiger partial charge >= 0.3 is 0 Å². The molecule has 11 heteroatoms. The molecule has 1 aliphatic heterocycles. The summed E-state index contributed by atoms with van der Waals surface area (Å²) in [6, 6.07) is 7.74. The third-order valence-electron chi connectivity index (χ3n) is 7.27. The van der Waals surface area contributed by atoms with Crippen LogP contribution in [0.4, 0.5) is 20.2 Å². The highest BCUT2D eigenvalue weighted by molar-refractivity contribution is 6.00. The average molecular weight is 565 g/mol. The number of aryl methyl sites for hydroxylation is 1. The van der Waals surface area contributed by atoms with Gasteiger partial charge in [0.2, 0.25) is 5.89 Å². The van der Waals surface area contributed by atoms with Gasteiger partial charge < -0.3 is 25.1 Å². The topological polar surface area (TPSA) is 119 Å². The lowest BCUT2D eigenvalue weighted by Gasteiger charge is -2.33. The van der Waals surface area contributed by atoms with E-state index in [9.17, 15) is 18.7 Å². The highest BCUT2D eigenvalue weighted by Gasteiger charge is 2.27. The Hall–Kier alpha value is -4.25. The molecule has 0 bridgehead atoms. The number of rotatable bonds is 12. The molecule has 2 aromatic carbocycles. The van der Waals surface area contributed by atoms with Gasteiger partial charge in [0.1, 0.15) is 17.9 Å². The Balaban J connectivity index is 1.45. The van der Waals surface area contributed by atoms with Gasteiger partial charge in [-0.25, -0.2) is 13.8 Å². The van der Waals surface area contributed by atoms with Crippen molar-refractivity contribution in [3.8, 4) is 11.5 Å². The molecule has 9 nitrogen and oxygen atoms in total. The number of aliphatic hydroxyl groups excluding tert-OH is 1. The van der Waals surface area contributed by atoms with Crippen LogP contribution in [-0.4, -0.2) is 58.0 Å². The first kappa shape index (κ1) is 28.3. The zero-order chi connectivity index (χ0) is 28.8. The van der Waals surface area contributed by atoms with Gasteiger partial charge in [0.15, 0.2) is 0 Å². The van der Waals surface area contributed by atoms with Crippen molar-refractivity contribution in [2.45, 2.75) is 51.2 Å². The number of nitrogens with zero attached hydrogens (tertiary/aromatic N) is 3. The summed E-state index contributed by atoms with van der Waals surface area (Å²) in [7, 11) is 0. The number of halogens is 2. The van der Waals surface area contributed by atoms with Crippen LogP contribution in [0.2, 0.25) is 0 Å². The summed E-state index contributed by atoms with van der Waals surface area (Å²) in [5.41, 5.74) is 3.89. The molecule has 0 saturated carbocycles. The van der Waals surface area contributed by atoms with Crippen LogP contribution in [0.1, 0.15) is 47.8 Å². The molecule has 216 valence electrons. The smallest absolute Gasteiger partial charge is 0.251 e. The van der Waals surface area contributed by atoms with Crippen LogP contribution in [0.15, 0.2) is 59.5 Å². The lowest BCUT2D eigenvalue weighted by atomic mass is 9.96. The van der Waals surface area contributed by atoms with Crippen molar-refractivity contribution >= 4 is 17.3 Å². The number of carbonyl (C=O) groups is 1. The molecule has 2 atom stereocenters. The van der Waals surface area contributed by atoms with Crippen LogP contribution in [0, 0.1) is 11.6 Å². The van der Waals surface area contributed by atoms with E-state index in [-0.39, 0.29) is 6.42 Å². The number of hydrogen-bond acceptors (Lipinski definition) is 7. The van der Waals surface area contributed by atoms with Crippen molar-refractivity contribution in [3.05, 3.63) is 83.5 Å². The lowest BCUT2D eigenvalue weighted by molar-refractivity contribution is 0.0814. The molecule has 41 heavy (non-hydrogen) atoms. The molecule has 4 N–H and O–H groups in total. The van der Waals surface area contributed by atoms with Crippen molar-refractivity contribution in [2.24, 2.45) is 0 Å². The Morgan fingerprint density at radius 3 is 2.73 bits per heavy atom. The van der Waals surface area contributed by atoms with Crippen LogP contribution in [-0.2, 0) is 12.8 Å². The third-order valence-corrected chi connectivity index (χ3v) is 7.27. The van der Waals surface area contributed by atoms with Gasteiger partial charge in [-0.1, -0.05) is 13.3 Å².